The molecule has 0 saturated carbocycles. The molecule has 0 amide bonds. The maximum Gasteiger partial charge on any atom is 0.142 e. The lowest BCUT2D eigenvalue weighted by Gasteiger charge is -2.06. The second-order valence-electron chi connectivity index (χ2n) is 2.77. The van der Waals surface area contributed by atoms with Crippen LogP contribution in [0.4, 0.5) is 4.39 Å². The molecule has 0 saturated heterocycles. The van der Waals surface area contributed by atoms with Crippen molar-refractivity contribution >= 4 is 11.6 Å². The van der Waals surface area contributed by atoms with Crippen molar-refractivity contribution < 1.29 is 9.50 Å². The molecule has 1 aromatic rings. The number of halogens is 2. The molecule has 1 N–H and O–H groups in total. The van der Waals surface area contributed by atoms with Crippen LogP contribution in [-0.4, -0.2) is 11.2 Å². The fourth-order valence-corrected chi connectivity index (χ4v) is 1.23. The largest absolute Gasteiger partial charge is 0.393 e. The molecule has 1 atom stereocenters. The van der Waals surface area contributed by atoms with Crippen LogP contribution in [0.25, 0.3) is 0 Å². The molecule has 1 aromatic carbocycles. The zero-order valence-corrected chi connectivity index (χ0v) is 7.48. The van der Waals surface area contributed by atoms with E-state index in [-0.39, 0.29) is 5.02 Å². The predicted octanol–water partition coefficient (Wildman–Crippen LogP) is 2.40. The Bertz CT molecular complexity index is 273. The van der Waals surface area contributed by atoms with Gasteiger partial charge in [-0.25, -0.2) is 4.39 Å². The topological polar surface area (TPSA) is 20.2 Å². The summed E-state index contributed by atoms with van der Waals surface area (Å²) in [7, 11) is 0. The summed E-state index contributed by atoms with van der Waals surface area (Å²) in [5.41, 5.74) is 0.645. The lowest BCUT2D eigenvalue weighted by atomic mass is 10.1. The first kappa shape index (κ1) is 9.49. The van der Waals surface area contributed by atoms with Gasteiger partial charge in [0.15, 0.2) is 0 Å². The number of benzene rings is 1. The van der Waals surface area contributed by atoms with Crippen LogP contribution in [0, 0.1) is 5.82 Å². The second kappa shape index (κ2) is 3.87. The maximum atomic E-state index is 12.8. The molecule has 1 unspecified atom stereocenters. The molecule has 0 bridgehead atoms. The van der Waals surface area contributed by atoms with Crippen molar-refractivity contribution in [1.29, 1.82) is 0 Å². The van der Waals surface area contributed by atoms with Crippen molar-refractivity contribution in [3.63, 3.8) is 0 Å². The van der Waals surface area contributed by atoms with Crippen molar-refractivity contribution in [1.82, 2.24) is 0 Å². The monoisotopic (exact) mass is 188 g/mol. The Kier molecular flexibility index (Phi) is 3.06. The van der Waals surface area contributed by atoms with Crippen LogP contribution >= 0.6 is 11.6 Å². The van der Waals surface area contributed by atoms with Crippen LogP contribution in [-0.2, 0) is 6.42 Å². The number of hydrogen-bond acceptors (Lipinski definition) is 1. The van der Waals surface area contributed by atoms with E-state index in [1.807, 2.05) is 0 Å². The van der Waals surface area contributed by atoms with Gasteiger partial charge in [0.2, 0.25) is 0 Å². The summed E-state index contributed by atoms with van der Waals surface area (Å²) in [5.74, 6) is -0.435. The molecule has 3 heteroatoms. The van der Waals surface area contributed by atoms with Crippen LogP contribution in [0.15, 0.2) is 18.2 Å². The standard InChI is InChI=1S/C9H10ClFO/c1-6(12)5-7-3-2-4-8(11)9(7)10/h2-4,6,12H,5H2,1H3. The summed E-state index contributed by atoms with van der Waals surface area (Å²) in [5, 5.41) is 9.15. The van der Waals surface area contributed by atoms with Gasteiger partial charge in [-0.2, -0.15) is 0 Å². The maximum absolute atomic E-state index is 12.8. The van der Waals surface area contributed by atoms with Gasteiger partial charge in [0.25, 0.3) is 0 Å². The molecule has 1 rings (SSSR count). The van der Waals surface area contributed by atoms with Gasteiger partial charge >= 0.3 is 0 Å². The lowest BCUT2D eigenvalue weighted by molar-refractivity contribution is 0.195. The summed E-state index contributed by atoms with van der Waals surface area (Å²) >= 11 is 5.65. The molecule has 0 aromatic heterocycles. The molecule has 0 aliphatic heterocycles. The Morgan fingerprint density at radius 2 is 2.25 bits per heavy atom. The molecule has 12 heavy (non-hydrogen) atoms. The van der Waals surface area contributed by atoms with Crippen LogP contribution in [0.5, 0.6) is 0 Å². The van der Waals surface area contributed by atoms with Gasteiger partial charge in [0, 0.05) is 0 Å². The summed E-state index contributed by atoms with van der Waals surface area (Å²) in [6.45, 7) is 1.64. The third-order valence-corrected chi connectivity index (χ3v) is 1.97. The van der Waals surface area contributed by atoms with E-state index in [2.05, 4.69) is 0 Å². The molecule has 0 fully saturated rings. The zero-order chi connectivity index (χ0) is 9.14. The Balaban J connectivity index is 2.92. The third kappa shape index (κ3) is 2.19. The van der Waals surface area contributed by atoms with Gasteiger partial charge in [-0.15, -0.1) is 0 Å². The van der Waals surface area contributed by atoms with E-state index in [9.17, 15) is 4.39 Å². The SMILES string of the molecule is CC(O)Cc1cccc(F)c1Cl. The van der Waals surface area contributed by atoms with Gasteiger partial charge in [0.1, 0.15) is 5.82 Å². The fourth-order valence-electron chi connectivity index (χ4n) is 1.02. The first-order chi connectivity index (χ1) is 5.61. The Morgan fingerprint density at radius 3 is 2.83 bits per heavy atom. The van der Waals surface area contributed by atoms with Crippen LogP contribution < -0.4 is 0 Å². The van der Waals surface area contributed by atoms with E-state index < -0.39 is 11.9 Å². The van der Waals surface area contributed by atoms with E-state index in [1.54, 1.807) is 19.1 Å². The average Bonchev–Trinajstić information content (AvgIpc) is 1.98. The molecule has 0 heterocycles. The van der Waals surface area contributed by atoms with Gasteiger partial charge < -0.3 is 5.11 Å². The summed E-state index contributed by atoms with van der Waals surface area (Å²) < 4.78 is 12.8. The van der Waals surface area contributed by atoms with E-state index in [0.717, 1.165) is 0 Å². The molecule has 0 radical (unpaired) electrons. The summed E-state index contributed by atoms with van der Waals surface area (Å²) in [6, 6.07) is 4.59. The van der Waals surface area contributed by atoms with Gasteiger partial charge in [-0.05, 0) is 25.0 Å². The first-order valence-corrected chi connectivity index (χ1v) is 4.10. The predicted molar refractivity (Wildman–Crippen MR) is 46.8 cm³/mol. The van der Waals surface area contributed by atoms with Crippen LogP contribution in [0.1, 0.15) is 12.5 Å². The molecule has 0 aliphatic rings. The van der Waals surface area contributed by atoms with Crippen molar-refractivity contribution in [3.8, 4) is 0 Å². The van der Waals surface area contributed by atoms with E-state index >= 15 is 0 Å². The fraction of sp³-hybridized carbons (Fsp3) is 0.333. The molecule has 0 aliphatic carbocycles. The van der Waals surface area contributed by atoms with Gasteiger partial charge in [0.05, 0.1) is 11.1 Å². The molecular weight excluding hydrogens is 179 g/mol. The summed E-state index contributed by atoms with van der Waals surface area (Å²) in [6.07, 6.45) is -0.111. The van der Waals surface area contributed by atoms with Crippen molar-refractivity contribution in [2.45, 2.75) is 19.4 Å². The highest BCUT2D eigenvalue weighted by Crippen LogP contribution is 2.20. The smallest absolute Gasteiger partial charge is 0.142 e. The normalized spacial score (nSPS) is 13.0. The van der Waals surface area contributed by atoms with E-state index in [4.69, 9.17) is 16.7 Å². The van der Waals surface area contributed by atoms with E-state index in [0.29, 0.717) is 12.0 Å². The second-order valence-corrected chi connectivity index (χ2v) is 3.14. The minimum absolute atomic E-state index is 0.110. The molecule has 66 valence electrons. The highest BCUT2D eigenvalue weighted by molar-refractivity contribution is 6.31. The summed E-state index contributed by atoms with van der Waals surface area (Å²) in [4.78, 5) is 0. The quantitative estimate of drug-likeness (QED) is 0.756. The minimum Gasteiger partial charge on any atom is -0.393 e. The molecular formula is C9H10ClFO. The van der Waals surface area contributed by atoms with Crippen molar-refractivity contribution in [3.05, 3.63) is 34.6 Å². The Hall–Kier alpha value is -0.600. The van der Waals surface area contributed by atoms with Crippen molar-refractivity contribution in [2.24, 2.45) is 0 Å². The van der Waals surface area contributed by atoms with Gasteiger partial charge in [-0.1, -0.05) is 23.7 Å². The Labute approximate surface area is 75.8 Å². The van der Waals surface area contributed by atoms with Gasteiger partial charge in [-0.3, -0.25) is 0 Å². The van der Waals surface area contributed by atoms with Crippen molar-refractivity contribution in [2.75, 3.05) is 0 Å². The lowest BCUT2D eigenvalue weighted by Crippen LogP contribution is -2.04. The zero-order valence-electron chi connectivity index (χ0n) is 6.72. The molecule has 1 nitrogen and oxygen atoms in total. The minimum atomic E-state index is -0.496. The van der Waals surface area contributed by atoms with Crippen LogP contribution in [0.3, 0.4) is 0 Å². The number of aliphatic hydroxyl groups excluding tert-OH is 1. The highest BCUT2D eigenvalue weighted by atomic mass is 35.5. The highest BCUT2D eigenvalue weighted by Gasteiger charge is 2.07. The number of hydrogen-bond donors (Lipinski definition) is 1. The van der Waals surface area contributed by atoms with Crippen LogP contribution in [0.2, 0.25) is 5.02 Å². The van der Waals surface area contributed by atoms with E-state index in [1.165, 1.54) is 6.07 Å². The Morgan fingerprint density at radius 1 is 1.58 bits per heavy atom. The average molecular weight is 189 g/mol. The third-order valence-electron chi connectivity index (χ3n) is 1.55. The number of rotatable bonds is 2. The first-order valence-electron chi connectivity index (χ1n) is 3.72. The molecule has 0 spiro atoms. The number of aliphatic hydroxyl groups is 1.